The first kappa shape index (κ1) is 24.8. The van der Waals surface area contributed by atoms with Crippen molar-refractivity contribution in [2.24, 2.45) is 0 Å². The zero-order valence-corrected chi connectivity index (χ0v) is 18.9. The van der Waals surface area contributed by atoms with Gasteiger partial charge in [0.2, 0.25) is 11.7 Å². The van der Waals surface area contributed by atoms with Crippen LogP contribution in [0.4, 0.5) is 22.0 Å². The van der Waals surface area contributed by atoms with Gasteiger partial charge in [0.25, 0.3) is 0 Å². The number of alkyl halides is 3. The summed E-state index contributed by atoms with van der Waals surface area (Å²) in [5, 5.41) is 10.2. The van der Waals surface area contributed by atoms with E-state index in [0.717, 1.165) is 22.3 Å². The van der Waals surface area contributed by atoms with E-state index in [0.29, 0.717) is 0 Å². The lowest BCUT2D eigenvalue weighted by Crippen LogP contribution is -2.43. The molecular formula is C24H24F5N5O. The molecule has 1 N–H and O–H groups in total. The van der Waals surface area contributed by atoms with Gasteiger partial charge < -0.3 is 14.8 Å². The van der Waals surface area contributed by atoms with Crippen molar-refractivity contribution >= 4 is 5.91 Å². The van der Waals surface area contributed by atoms with Crippen molar-refractivity contribution in [3.63, 3.8) is 0 Å². The molecule has 4 rings (SSSR count). The SMILES string of the molecule is C[C@@H](N[C@@H](CC(=O)N1CCn2c(nnc2C(F)(F)F)C1)Cc1ccc(F)cc1F)c1ccccc1. The number of amides is 1. The largest absolute Gasteiger partial charge is 0.451 e. The number of rotatable bonds is 7. The molecule has 0 fully saturated rings. The molecular weight excluding hydrogens is 469 g/mol. The maximum Gasteiger partial charge on any atom is 0.451 e. The Morgan fingerprint density at radius 2 is 1.83 bits per heavy atom. The molecule has 0 spiro atoms. The molecule has 0 saturated heterocycles. The summed E-state index contributed by atoms with van der Waals surface area (Å²) in [6, 6.07) is 12.1. The minimum Gasteiger partial charge on any atom is -0.333 e. The lowest BCUT2D eigenvalue weighted by atomic mass is 9.99. The van der Waals surface area contributed by atoms with E-state index < -0.39 is 29.7 Å². The molecule has 0 saturated carbocycles. The van der Waals surface area contributed by atoms with Gasteiger partial charge in [-0.15, -0.1) is 10.2 Å². The summed E-state index contributed by atoms with van der Waals surface area (Å²) in [5.74, 6) is -2.73. The molecule has 2 atom stereocenters. The van der Waals surface area contributed by atoms with Crippen molar-refractivity contribution < 1.29 is 26.7 Å². The van der Waals surface area contributed by atoms with Gasteiger partial charge in [0.15, 0.2) is 5.82 Å². The first-order valence-corrected chi connectivity index (χ1v) is 11.1. The summed E-state index contributed by atoms with van der Waals surface area (Å²) in [4.78, 5) is 14.5. The molecule has 1 aliphatic heterocycles. The molecule has 2 heterocycles. The standard InChI is InChI=1S/C24H24F5N5O/c1-15(16-5-3-2-4-6-16)30-19(11-17-7-8-18(25)12-20(17)26)13-22(35)33-9-10-34-21(14-33)31-32-23(34)24(27,28)29/h2-8,12,15,19,30H,9-11,13-14H2,1H3/t15-,19-/m1/s1. The Balaban J connectivity index is 1.49. The average molecular weight is 493 g/mol. The van der Waals surface area contributed by atoms with Crippen molar-refractivity contribution in [3.8, 4) is 0 Å². The van der Waals surface area contributed by atoms with Gasteiger partial charge in [0.05, 0.1) is 6.54 Å². The van der Waals surface area contributed by atoms with Crippen molar-refractivity contribution in [1.29, 1.82) is 0 Å². The van der Waals surface area contributed by atoms with Crippen LogP contribution in [0.3, 0.4) is 0 Å². The minimum absolute atomic E-state index is 0.0335. The van der Waals surface area contributed by atoms with Crippen molar-refractivity contribution in [3.05, 3.63) is 82.9 Å². The Morgan fingerprint density at radius 1 is 1.09 bits per heavy atom. The van der Waals surface area contributed by atoms with Crippen molar-refractivity contribution in [2.75, 3.05) is 6.54 Å². The van der Waals surface area contributed by atoms with Crippen LogP contribution in [0.5, 0.6) is 0 Å². The highest BCUT2D eigenvalue weighted by Gasteiger charge is 2.40. The normalized spacial score (nSPS) is 15.5. The smallest absolute Gasteiger partial charge is 0.333 e. The lowest BCUT2D eigenvalue weighted by Gasteiger charge is -2.30. The second-order valence-electron chi connectivity index (χ2n) is 8.54. The summed E-state index contributed by atoms with van der Waals surface area (Å²) >= 11 is 0. The van der Waals surface area contributed by atoms with Gasteiger partial charge in [-0.2, -0.15) is 13.2 Å². The Labute approximate surface area is 198 Å². The number of hydrogen-bond donors (Lipinski definition) is 1. The van der Waals surface area contributed by atoms with Crippen molar-refractivity contribution in [1.82, 2.24) is 25.0 Å². The van der Waals surface area contributed by atoms with Gasteiger partial charge in [-0.25, -0.2) is 8.78 Å². The number of carbonyl (C=O) groups is 1. The fraction of sp³-hybridized carbons (Fsp3) is 0.375. The molecule has 1 aromatic heterocycles. The second-order valence-corrected chi connectivity index (χ2v) is 8.54. The molecule has 3 aromatic rings. The molecule has 1 aliphatic rings. The molecule has 11 heteroatoms. The zero-order valence-electron chi connectivity index (χ0n) is 18.9. The van der Waals surface area contributed by atoms with Crippen LogP contribution < -0.4 is 5.32 Å². The van der Waals surface area contributed by atoms with Gasteiger partial charge in [0.1, 0.15) is 11.6 Å². The number of hydrogen-bond acceptors (Lipinski definition) is 4. The Morgan fingerprint density at radius 3 is 2.51 bits per heavy atom. The van der Waals surface area contributed by atoms with E-state index in [9.17, 15) is 26.7 Å². The number of halogens is 5. The molecule has 0 radical (unpaired) electrons. The van der Waals surface area contributed by atoms with Crippen LogP contribution in [0.1, 0.15) is 42.2 Å². The maximum atomic E-state index is 14.4. The highest BCUT2D eigenvalue weighted by atomic mass is 19.4. The van der Waals surface area contributed by atoms with E-state index in [1.807, 2.05) is 37.3 Å². The average Bonchev–Trinajstić information content (AvgIpc) is 3.25. The molecule has 35 heavy (non-hydrogen) atoms. The summed E-state index contributed by atoms with van der Waals surface area (Å²) in [6.45, 7) is 1.80. The number of benzene rings is 2. The molecule has 1 amide bonds. The third-order valence-electron chi connectivity index (χ3n) is 6.05. The lowest BCUT2D eigenvalue weighted by molar-refractivity contribution is -0.148. The first-order chi connectivity index (χ1) is 16.6. The predicted molar refractivity (Wildman–Crippen MR) is 117 cm³/mol. The van der Waals surface area contributed by atoms with Gasteiger partial charge in [0, 0.05) is 37.7 Å². The molecule has 2 aromatic carbocycles. The molecule has 6 nitrogen and oxygen atoms in total. The molecule has 0 aliphatic carbocycles. The summed E-state index contributed by atoms with van der Waals surface area (Å²) in [7, 11) is 0. The van der Waals surface area contributed by atoms with Gasteiger partial charge in [-0.3, -0.25) is 4.79 Å². The van der Waals surface area contributed by atoms with Crippen molar-refractivity contribution in [2.45, 2.75) is 51.1 Å². The van der Waals surface area contributed by atoms with Crippen LogP contribution in [0, 0.1) is 11.6 Å². The van der Waals surface area contributed by atoms with Gasteiger partial charge in [-0.05, 0) is 30.5 Å². The number of nitrogens with zero attached hydrogens (tertiary/aromatic N) is 4. The zero-order chi connectivity index (χ0) is 25.2. The van der Waals surface area contributed by atoms with E-state index in [-0.39, 0.29) is 55.8 Å². The predicted octanol–water partition coefficient (Wildman–Crippen LogP) is 4.27. The highest BCUT2D eigenvalue weighted by Crippen LogP contribution is 2.29. The third kappa shape index (κ3) is 5.84. The number of aromatic nitrogens is 3. The highest BCUT2D eigenvalue weighted by molar-refractivity contribution is 5.77. The van der Waals surface area contributed by atoms with E-state index in [1.54, 1.807) is 0 Å². The van der Waals surface area contributed by atoms with Gasteiger partial charge in [-0.1, -0.05) is 36.4 Å². The van der Waals surface area contributed by atoms with E-state index >= 15 is 0 Å². The maximum absolute atomic E-state index is 14.4. The van der Waals surface area contributed by atoms with E-state index in [1.165, 1.54) is 11.0 Å². The quantitative estimate of drug-likeness (QED) is 0.500. The Kier molecular flexibility index (Phi) is 7.15. The fourth-order valence-corrected chi connectivity index (χ4v) is 4.25. The topological polar surface area (TPSA) is 63.1 Å². The van der Waals surface area contributed by atoms with Gasteiger partial charge >= 0.3 is 6.18 Å². The van der Waals surface area contributed by atoms with Crippen LogP contribution >= 0.6 is 0 Å². The first-order valence-electron chi connectivity index (χ1n) is 11.1. The van der Waals surface area contributed by atoms with Crippen LogP contribution in [-0.4, -0.2) is 38.2 Å². The molecule has 0 unspecified atom stereocenters. The van der Waals surface area contributed by atoms with E-state index in [4.69, 9.17) is 0 Å². The van der Waals surface area contributed by atoms with Crippen LogP contribution in [0.2, 0.25) is 0 Å². The van der Waals surface area contributed by atoms with E-state index in [2.05, 4.69) is 15.5 Å². The summed E-state index contributed by atoms with van der Waals surface area (Å²) in [6.07, 6.45) is -4.54. The molecule has 186 valence electrons. The second kappa shape index (κ2) is 10.1. The summed E-state index contributed by atoms with van der Waals surface area (Å²) in [5.41, 5.74) is 1.22. The Bertz CT molecular complexity index is 1180. The number of carbonyl (C=O) groups excluding carboxylic acids is 1. The molecule has 0 bridgehead atoms. The van der Waals surface area contributed by atoms with Crippen LogP contribution in [-0.2, 0) is 30.5 Å². The monoisotopic (exact) mass is 493 g/mol. The number of fused-ring (bicyclic) bond motifs is 1. The third-order valence-corrected chi connectivity index (χ3v) is 6.05. The fourth-order valence-electron chi connectivity index (χ4n) is 4.25. The Hall–Kier alpha value is -3.34. The van der Waals surface area contributed by atoms with Crippen LogP contribution in [0.25, 0.3) is 0 Å². The summed E-state index contributed by atoms with van der Waals surface area (Å²) < 4.78 is 68.0. The number of nitrogens with one attached hydrogen (secondary N) is 1. The minimum atomic E-state index is -4.63. The van der Waals surface area contributed by atoms with Crippen LogP contribution in [0.15, 0.2) is 48.5 Å².